The summed E-state index contributed by atoms with van der Waals surface area (Å²) in [6.45, 7) is 3.71. The normalized spacial score (nSPS) is 8.00. The molecule has 0 aliphatic carbocycles. The highest BCUT2D eigenvalue weighted by molar-refractivity contribution is 4.95. The summed E-state index contributed by atoms with van der Waals surface area (Å²) in [5.41, 5.74) is 0. The van der Waals surface area contributed by atoms with E-state index in [1.165, 1.54) is 0 Å². The Kier molecular flexibility index (Phi) is 8.20. The van der Waals surface area contributed by atoms with E-state index in [4.69, 9.17) is 5.26 Å². The molecular weight excluding hydrogens is 136 g/mol. The quantitative estimate of drug-likeness (QED) is 0.473. The lowest BCUT2D eigenvalue weighted by atomic mass is 10.3. The van der Waals surface area contributed by atoms with Gasteiger partial charge in [0.05, 0.1) is 6.07 Å². The zero-order valence-corrected chi connectivity index (χ0v) is 6.98. The van der Waals surface area contributed by atoms with E-state index in [9.17, 15) is 0 Å². The molecular formula is C9H14N2. The monoisotopic (exact) mass is 150 g/mol. The minimum Gasteiger partial charge on any atom is -0.316 e. The fraction of sp³-hybridized carbons (Fsp3) is 0.667. The Morgan fingerprint density at radius 3 is 2.73 bits per heavy atom. The molecule has 1 N–H and O–H groups in total. The summed E-state index contributed by atoms with van der Waals surface area (Å²) in [5, 5.41) is 11.4. The second-order valence-electron chi connectivity index (χ2n) is 2.19. The van der Waals surface area contributed by atoms with Gasteiger partial charge >= 0.3 is 0 Å². The summed E-state index contributed by atoms with van der Waals surface area (Å²) in [4.78, 5) is 0. The van der Waals surface area contributed by atoms with E-state index in [1.807, 2.05) is 6.92 Å². The third-order valence-electron chi connectivity index (χ3n) is 1.25. The van der Waals surface area contributed by atoms with Crippen LogP contribution in [0.5, 0.6) is 0 Å². The van der Waals surface area contributed by atoms with Crippen LogP contribution in [-0.4, -0.2) is 13.1 Å². The third-order valence-corrected chi connectivity index (χ3v) is 1.25. The maximum atomic E-state index is 8.21. The van der Waals surface area contributed by atoms with Gasteiger partial charge in [0.2, 0.25) is 0 Å². The van der Waals surface area contributed by atoms with E-state index in [2.05, 4.69) is 23.2 Å². The molecule has 0 bridgehead atoms. The van der Waals surface area contributed by atoms with Crippen molar-refractivity contribution in [3.63, 3.8) is 0 Å². The minimum absolute atomic E-state index is 0.645. The maximum Gasteiger partial charge on any atom is 0.0622 e. The van der Waals surface area contributed by atoms with Crippen LogP contribution in [0.3, 0.4) is 0 Å². The van der Waals surface area contributed by atoms with E-state index in [1.54, 1.807) is 0 Å². The van der Waals surface area contributed by atoms with Crippen molar-refractivity contribution in [2.24, 2.45) is 0 Å². The van der Waals surface area contributed by atoms with Gasteiger partial charge in [0, 0.05) is 19.4 Å². The average Bonchev–Trinajstić information content (AvgIpc) is 2.03. The van der Waals surface area contributed by atoms with E-state index in [0.717, 1.165) is 25.9 Å². The van der Waals surface area contributed by atoms with Crippen molar-refractivity contribution in [3.05, 3.63) is 0 Å². The van der Waals surface area contributed by atoms with Gasteiger partial charge in [0.15, 0.2) is 0 Å². The van der Waals surface area contributed by atoms with Gasteiger partial charge in [-0.05, 0) is 19.9 Å². The first kappa shape index (κ1) is 10.0. The number of nitriles is 1. The molecule has 0 amide bonds. The van der Waals surface area contributed by atoms with Crippen LogP contribution < -0.4 is 5.32 Å². The Morgan fingerprint density at radius 1 is 1.27 bits per heavy atom. The summed E-state index contributed by atoms with van der Waals surface area (Å²) in [6, 6.07) is 2.10. The van der Waals surface area contributed by atoms with Crippen LogP contribution >= 0.6 is 0 Å². The van der Waals surface area contributed by atoms with Gasteiger partial charge in [-0.2, -0.15) is 5.26 Å². The van der Waals surface area contributed by atoms with E-state index < -0.39 is 0 Å². The van der Waals surface area contributed by atoms with Crippen LogP contribution in [0.25, 0.3) is 0 Å². The Balaban J connectivity index is 2.90. The molecule has 0 aromatic rings. The summed E-state index contributed by atoms with van der Waals surface area (Å²) in [7, 11) is 0. The molecule has 2 nitrogen and oxygen atoms in total. The van der Waals surface area contributed by atoms with Crippen LogP contribution in [-0.2, 0) is 0 Å². The molecule has 0 aliphatic heterocycles. The topological polar surface area (TPSA) is 35.8 Å². The molecule has 0 unspecified atom stereocenters. The van der Waals surface area contributed by atoms with Crippen LogP contribution in [0.15, 0.2) is 0 Å². The van der Waals surface area contributed by atoms with E-state index in [0.29, 0.717) is 6.42 Å². The predicted octanol–water partition coefficient (Wildman–Crippen LogP) is 1.29. The van der Waals surface area contributed by atoms with Gasteiger partial charge in [-0.15, -0.1) is 11.8 Å². The first-order valence-corrected chi connectivity index (χ1v) is 3.89. The Morgan fingerprint density at radius 2 is 2.09 bits per heavy atom. The van der Waals surface area contributed by atoms with Crippen molar-refractivity contribution >= 4 is 0 Å². The highest BCUT2D eigenvalue weighted by Crippen LogP contribution is 1.82. The first-order chi connectivity index (χ1) is 5.41. The molecule has 0 aromatic heterocycles. The molecule has 0 saturated heterocycles. The minimum atomic E-state index is 0.645. The molecule has 0 atom stereocenters. The van der Waals surface area contributed by atoms with Crippen molar-refractivity contribution in [3.8, 4) is 17.9 Å². The fourth-order valence-electron chi connectivity index (χ4n) is 0.693. The maximum absolute atomic E-state index is 8.21. The molecule has 0 heterocycles. The van der Waals surface area contributed by atoms with Gasteiger partial charge in [-0.25, -0.2) is 0 Å². The number of rotatable bonds is 5. The van der Waals surface area contributed by atoms with Crippen molar-refractivity contribution < 1.29 is 0 Å². The smallest absolute Gasteiger partial charge is 0.0622 e. The lowest BCUT2D eigenvalue weighted by Gasteiger charge is -1.97. The fourth-order valence-corrected chi connectivity index (χ4v) is 0.693. The number of unbranched alkanes of at least 4 members (excludes halogenated alkanes) is 1. The summed E-state index contributed by atoms with van der Waals surface area (Å²) in [6.07, 6.45) is 2.49. The third kappa shape index (κ3) is 9.01. The predicted molar refractivity (Wildman–Crippen MR) is 45.8 cm³/mol. The van der Waals surface area contributed by atoms with Crippen molar-refractivity contribution in [1.29, 1.82) is 5.26 Å². The van der Waals surface area contributed by atoms with Crippen LogP contribution in [0.2, 0.25) is 0 Å². The molecule has 0 spiro atoms. The Bertz CT molecular complexity index is 168. The molecule has 60 valence electrons. The van der Waals surface area contributed by atoms with Crippen molar-refractivity contribution in [1.82, 2.24) is 5.32 Å². The van der Waals surface area contributed by atoms with Crippen molar-refractivity contribution in [2.45, 2.75) is 26.2 Å². The van der Waals surface area contributed by atoms with Crippen LogP contribution in [0, 0.1) is 23.2 Å². The summed E-state index contributed by atoms with van der Waals surface area (Å²) in [5.74, 6) is 5.79. The second-order valence-corrected chi connectivity index (χ2v) is 2.19. The molecule has 0 rings (SSSR count). The highest BCUT2D eigenvalue weighted by Gasteiger charge is 1.84. The number of hydrogen-bond acceptors (Lipinski definition) is 2. The molecule has 0 aliphatic rings. The molecule has 0 aromatic carbocycles. The SMILES string of the molecule is CC#CCCNCCCC#N. The van der Waals surface area contributed by atoms with E-state index in [-0.39, 0.29) is 0 Å². The van der Waals surface area contributed by atoms with Crippen LogP contribution in [0.1, 0.15) is 26.2 Å². The number of hydrogen-bond donors (Lipinski definition) is 1. The van der Waals surface area contributed by atoms with E-state index >= 15 is 0 Å². The zero-order valence-electron chi connectivity index (χ0n) is 6.98. The lowest BCUT2D eigenvalue weighted by molar-refractivity contribution is 0.665. The Hall–Kier alpha value is -0.990. The van der Waals surface area contributed by atoms with Crippen molar-refractivity contribution in [2.75, 3.05) is 13.1 Å². The largest absolute Gasteiger partial charge is 0.316 e. The standard InChI is InChI=1S/C9H14N2/c1-2-3-5-8-11-9-6-4-7-10/h11H,4-6,8-9H2,1H3. The van der Waals surface area contributed by atoms with Gasteiger partial charge < -0.3 is 5.32 Å². The van der Waals surface area contributed by atoms with Gasteiger partial charge in [0.1, 0.15) is 0 Å². The molecule has 0 fully saturated rings. The Labute approximate surface area is 68.6 Å². The van der Waals surface area contributed by atoms with Gasteiger partial charge in [-0.3, -0.25) is 0 Å². The zero-order chi connectivity index (χ0) is 8.36. The summed E-state index contributed by atoms with van der Waals surface area (Å²) < 4.78 is 0. The molecule has 11 heavy (non-hydrogen) atoms. The molecule has 0 radical (unpaired) electrons. The van der Waals surface area contributed by atoms with Crippen LogP contribution in [0.4, 0.5) is 0 Å². The average molecular weight is 150 g/mol. The lowest BCUT2D eigenvalue weighted by Crippen LogP contribution is -2.15. The molecule has 0 saturated carbocycles. The first-order valence-electron chi connectivity index (χ1n) is 3.89. The second kappa shape index (κ2) is 9.01. The highest BCUT2D eigenvalue weighted by atomic mass is 14.8. The number of nitrogens with zero attached hydrogens (tertiary/aromatic N) is 1. The summed E-state index contributed by atoms with van der Waals surface area (Å²) >= 11 is 0. The van der Waals surface area contributed by atoms with Gasteiger partial charge in [-0.1, -0.05) is 0 Å². The number of nitrogens with one attached hydrogen (secondary N) is 1. The van der Waals surface area contributed by atoms with Gasteiger partial charge in [0.25, 0.3) is 0 Å². The molecule has 2 heteroatoms.